The normalized spacial score (nSPS) is 14.1. The summed E-state index contributed by atoms with van der Waals surface area (Å²) in [5, 5.41) is 0. The molecule has 1 saturated heterocycles. The Morgan fingerprint density at radius 3 is 2.26 bits per heavy atom. The van der Waals surface area contributed by atoms with Crippen LogP contribution >= 0.6 is 0 Å². The number of hydrogen-bond donors (Lipinski definition) is 1. The number of nitrogens with one attached hydrogen (secondary N) is 1. The molecule has 1 fully saturated rings. The second-order valence-corrected chi connectivity index (χ2v) is 13.0. The van der Waals surface area contributed by atoms with Gasteiger partial charge in [0.2, 0.25) is 5.95 Å². The van der Waals surface area contributed by atoms with Crippen LogP contribution in [0.3, 0.4) is 0 Å². The molecule has 0 saturated carbocycles. The number of amides is 1. The third kappa shape index (κ3) is 7.59. The van der Waals surface area contributed by atoms with E-state index in [2.05, 4.69) is 38.9 Å². The van der Waals surface area contributed by atoms with Crippen LogP contribution in [-0.4, -0.2) is 44.5 Å². The van der Waals surface area contributed by atoms with E-state index in [9.17, 15) is 13.2 Å². The van der Waals surface area contributed by atoms with Crippen molar-refractivity contribution in [2.24, 2.45) is 5.92 Å². The maximum atomic E-state index is 13.4. The lowest BCUT2D eigenvalue weighted by molar-refractivity contribution is 0.0979. The van der Waals surface area contributed by atoms with Crippen molar-refractivity contribution in [3.63, 3.8) is 0 Å². The van der Waals surface area contributed by atoms with Crippen molar-refractivity contribution in [3.8, 4) is 5.75 Å². The van der Waals surface area contributed by atoms with E-state index in [-0.39, 0.29) is 16.4 Å². The lowest BCUT2D eigenvalue weighted by atomic mass is 9.90. The first-order valence-electron chi connectivity index (χ1n) is 14.7. The number of aromatic nitrogens is 2. The Bertz CT molecular complexity index is 1630. The number of anilines is 1. The molecule has 0 unspecified atom stereocenters. The molecule has 0 spiro atoms. The maximum Gasteiger partial charge on any atom is 0.268 e. The molecule has 4 aromatic rings. The Balaban J connectivity index is 1.36. The van der Waals surface area contributed by atoms with Crippen LogP contribution < -0.4 is 14.4 Å². The Labute approximate surface area is 254 Å². The van der Waals surface area contributed by atoms with E-state index in [0.29, 0.717) is 24.0 Å². The van der Waals surface area contributed by atoms with E-state index in [1.165, 1.54) is 23.9 Å². The molecule has 0 atom stereocenters. The van der Waals surface area contributed by atoms with E-state index in [4.69, 9.17) is 9.72 Å². The summed E-state index contributed by atoms with van der Waals surface area (Å²) < 4.78 is 33.7. The SMILES string of the molecule is COc1ccc(Cc2nc(N3CCC(Cc4ccccc4)CC3)ncc2C(=O)NS(=O)(=O)c2ccc(C(C)C)cc2)cc1. The van der Waals surface area contributed by atoms with Gasteiger partial charge in [0.05, 0.1) is 23.3 Å². The Hall–Kier alpha value is -4.24. The van der Waals surface area contributed by atoms with Crippen LogP contribution in [0, 0.1) is 5.92 Å². The Kier molecular flexibility index (Phi) is 9.40. The number of rotatable bonds is 10. The van der Waals surface area contributed by atoms with Gasteiger partial charge in [0, 0.05) is 25.7 Å². The average molecular weight is 599 g/mol. The van der Waals surface area contributed by atoms with Crippen molar-refractivity contribution in [2.75, 3.05) is 25.1 Å². The molecule has 0 bridgehead atoms. The molecule has 1 N–H and O–H groups in total. The monoisotopic (exact) mass is 598 g/mol. The second-order valence-electron chi connectivity index (χ2n) is 11.3. The summed E-state index contributed by atoms with van der Waals surface area (Å²) in [6.07, 6.45) is 4.86. The quantitative estimate of drug-likeness (QED) is 0.247. The van der Waals surface area contributed by atoms with Crippen LogP contribution in [0.1, 0.15) is 65.3 Å². The van der Waals surface area contributed by atoms with Crippen LogP contribution in [0.2, 0.25) is 0 Å². The highest BCUT2D eigenvalue weighted by Gasteiger charge is 2.25. The number of carbonyl (C=O) groups excluding carboxylic acids is 1. The maximum absolute atomic E-state index is 13.4. The average Bonchev–Trinajstić information content (AvgIpc) is 3.02. The van der Waals surface area contributed by atoms with Crippen LogP contribution in [0.15, 0.2) is 90.0 Å². The number of methoxy groups -OCH3 is 1. The zero-order valence-corrected chi connectivity index (χ0v) is 25.7. The molecule has 1 aliphatic heterocycles. The summed E-state index contributed by atoms with van der Waals surface area (Å²) in [5.41, 5.74) is 3.86. The molecule has 5 rings (SSSR count). The van der Waals surface area contributed by atoms with E-state index in [0.717, 1.165) is 49.2 Å². The summed E-state index contributed by atoms with van der Waals surface area (Å²) in [4.78, 5) is 25.0. The van der Waals surface area contributed by atoms with E-state index < -0.39 is 15.9 Å². The number of hydrogen-bond acceptors (Lipinski definition) is 7. The molecule has 3 aromatic carbocycles. The van der Waals surface area contributed by atoms with Gasteiger partial charge in [-0.1, -0.05) is 68.4 Å². The molecule has 9 heteroatoms. The van der Waals surface area contributed by atoms with Crippen molar-refractivity contribution in [1.82, 2.24) is 14.7 Å². The van der Waals surface area contributed by atoms with Crippen LogP contribution in [0.4, 0.5) is 5.95 Å². The number of piperidine rings is 1. The fourth-order valence-electron chi connectivity index (χ4n) is 5.37. The number of carbonyl (C=O) groups is 1. The van der Waals surface area contributed by atoms with Crippen molar-refractivity contribution < 1.29 is 17.9 Å². The van der Waals surface area contributed by atoms with Gasteiger partial charge in [0.15, 0.2) is 0 Å². The third-order valence-corrected chi connectivity index (χ3v) is 9.33. The Morgan fingerprint density at radius 2 is 1.63 bits per heavy atom. The van der Waals surface area contributed by atoms with E-state index in [1.807, 2.05) is 44.2 Å². The molecular weight excluding hydrogens is 560 g/mol. The minimum absolute atomic E-state index is 0.0258. The molecule has 2 heterocycles. The van der Waals surface area contributed by atoms with Crippen LogP contribution in [-0.2, 0) is 22.9 Å². The van der Waals surface area contributed by atoms with Crippen molar-refractivity contribution in [1.29, 1.82) is 0 Å². The minimum atomic E-state index is -4.09. The number of nitrogens with zero attached hydrogens (tertiary/aromatic N) is 3. The smallest absolute Gasteiger partial charge is 0.268 e. The first-order valence-corrected chi connectivity index (χ1v) is 16.1. The largest absolute Gasteiger partial charge is 0.497 e. The summed E-state index contributed by atoms with van der Waals surface area (Å²) in [6, 6.07) is 24.6. The van der Waals surface area contributed by atoms with Gasteiger partial charge in [-0.15, -0.1) is 0 Å². The first-order chi connectivity index (χ1) is 20.7. The first kappa shape index (κ1) is 30.2. The fraction of sp³-hybridized carbons (Fsp3) is 0.324. The molecule has 0 radical (unpaired) electrons. The molecule has 224 valence electrons. The zero-order valence-electron chi connectivity index (χ0n) is 24.9. The van der Waals surface area contributed by atoms with Gasteiger partial charge in [0.25, 0.3) is 15.9 Å². The zero-order chi connectivity index (χ0) is 30.4. The highest BCUT2D eigenvalue weighted by Crippen LogP contribution is 2.26. The fourth-order valence-corrected chi connectivity index (χ4v) is 6.34. The molecule has 43 heavy (non-hydrogen) atoms. The number of sulfonamides is 1. The van der Waals surface area contributed by atoms with Gasteiger partial charge < -0.3 is 9.64 Å². The number of benzene rings is 3. The molecule has 8 nitrogen and oxygen atoms in total. The minimum Gasteiger partial charge on any atom is -0.497 e. The predicted octanol–water partition coefficient (Wildman–Crippen LogP) is 5.78. The molecule has 1 aliphatic rings. The van der Waals surface area contributed by atoms with Crippen LogP contribution in [0.25, 0.3) is 0 Å². The van der Waals surface area contributed by atoms with Gasteiger partial charge in [-0.05, 0) is 72.1 Å². The second kappa shape index (κ2) is 13.4. The lowest BCUT2D eigenvalue weighted by Gasteiger charge is -2.32. The standard InChI is InChI=1S/C34H38N4O4S/c1-24(2)28-11-15-30(16-12-28)43(40,41)37-33(39)31-23-35-34(36-32(31)22-26-9-13-29(42-3)14-10-26)38-19-17-27(18-20-38)21-25-7-5-4-6-8-25/h4-16,23-24,27H,17-22H2,1-3H3,(H,37,39). The topological polar surface area (TPSA) is 101 Å². The highest BCUT2D eigenvalue weighted by atomic mass is 32.2. The highest BCUT2D eigenvalue weighted by molar-refractivity contribution is 7.90. The lowest BCUT2D eigenvalue weighted by Crippen LogP contribution is -2.36. The molecule has 1 aromatic heterocycles. The molecule has 0 aliphatic carbocycles. The number of ether oxygens (including phenoxy) is 1. The molecular formula is C34H38N4O4S. The van der Waals surface area contributed by atoms with Gasteiger partial charge in [-0.2, -0.15) is 0 Å². The van der Waals surface area contributed by atoms with Gasteiger partial charge in [0.1, 0.15) is 5.75 Å². The van der Waals surface area contributed by atoms with Crippen LogP contribution in [0.5, 0.6) is 5.75 Å². The van der Waals surface area contributed by atoms with Gasteiger partial charge in [-0.3, -0.25) is 4.79 Å². The molecule has 1 amide bonds. The van der Waals surface area contributed by atoms with E-state index >= 15 is 0 Å². The van der Waals surface area contributed by atoms with Gasteiger partial charge >= 0.3 is 0 Å². The summed E-state index contributed by atoms with van der Waals surface area (Å²) >= 11 is 0. The summed E-state index contributed by atoms with van der Waals surface area (Å²) in [6.45, 7) is 5.69. The van der Waals surface area contributed by atoms with Crippen molar-refractivity contribution >= 4 is 21.9 Å². The Morgan fingerprint density at radius 1 is 0.953 bits per heavy atom. The van der Waals surface area contributed by atoms with Crippen molar-refractivity contribution in [2.45, 2.75) is 50.3 Å². The van der Waals surface area contributed by atoms with E-state index in [1.54, 1.807) is 19.2 Å². The van der Waals surface area contributed by atoms with Crippen molar-refractivity contribution in [3.05, 3.63) is 113 Å². The van der Waals surface area contributed by atoms with Gasteiger partial charge in [-0.25, -0.2) is 23.1 Å². The predicted molar refractivity (Wildman–Crippen MR) is 168 cm³/mol. The third-order valence-electron chi connectivity index (χ3n) is 7.98. The summed E-state index contributed by atoms with van der Waals surface area (Å²) in [7, 11) is -2.49. The summed E-state index contributed by atoms with van der Waals surface area (Å²) in [5.74, 6) is 1.35.